The molecule has 29 heavy (non-hydrogen) atoms. The van der Waals surface area contributed by atoms with Crippen LogP contribution in [0.25, 0.3) is 11.3 Å². The molecule has 1 aliphatic heterocycles. The van der Waals surface area contributed by atoms with Gasteiger partial charge in [-0.15, -0.1) is 0 Å². The van der Waals surface area contributed by atoms with Crippen molar-refractivity contribution in [1.29, 1.82) is 0 Å². The van der Waals surface area contributed by atoms with Gasteiger partial charge in [-0.05, 0) is 68.5 Å². The van der Waals surface area contributed by atoms with E-state index in [-0.39, 0.29) is 17.9 Å². The molecule has 2 heterocycles. The van der Waals surface area contributed by atoms with Gasteiger partial charge >= 0.3 is 6.03 Å². The molecule has 1 aliphatic rings. The predicted octanol–water partition coefficient (Wildman–Crippen LogP) is 5.59. The molecule has 5 nitrogen and oxygen atoms in total. The highest BCUT2D eigenvalue weighted by atomic mass is 19.1. The Morgan fingerprint density at radius 3 is 2.72 bits per heavy atom. The molecule has 3 aromatic rings. The molecule has 0 aliphatic carbocycles. The molecule has 1 unspecified atom stereocenters. The van der Waals surface area contributed by atoms with Crippen LogP contribution >= 0.6 is 0 Å². The van der Waals surface area contributed by atoms with E-state index in [1.54, 1.807) is 12.3 Å². The molecule has 0 radical (unpaired) electrons. The Balaban J connectivity index is 1.55. The summed E-state index contributed by atoms with van der Waals surface area (Å²) in [7, 11) is 0. The lowest BCUT2D eigenvalue weighted by molar-refractivity contribution is 0.160. The Hall–Kier alpha value is -3.15. The summed E-state index contributed by atoms with van der Waals surface area (Å²) in [5.74, 6) is 0.449. The molecule has 2 aromatic carbocycles. The van der Waals surface area contributed by atoms with Crippen molar-refractivity contribution in [2.45, 2.75) is 39.2 Å². The maximum Gasteiger partial charge on any atom is 0.322 e. The number of hydrogen-bond donors (Lipinski definition) is 2. The Kier molecular flexibility index (Phi) is 5.34. The molecule has 1 aromatic heterocycles. The summed E-state index contributed by atoms with van der Waals surface area (Å²) >= 11 is 0. The van der Waals surface area contributed by atoms with Crippen LogP contribution in [-0.4, -0.2) is 27.4 Å². The van der Waals surface area contributed by atoms with Crippen molar-refractivity contribution >= 4 is 11.7 Å². The summed E-state index contributed by atoms with van der Waals surface area (Å²) in [6, 6.07) is 12.2. The lowest BCUT2D eigenvalue weighted by atomic mass is 10.0. The fourth-order valence-electron chi connectivity index (χ4n) is 4.01. The second kappa shape index (κ2) is 8.07. The van der Waals surface area contributed by atoms with E-state index in [1.807, 2.05) is 36.9 Å². The molecule has 1 fully saturated rings. The number of benzene rings is 2. The van der Waals surface area contributed by atoms with E-state index in [9.17, 15) is 9.18 Å². The van der Waals surface area contributed by atoms with Gasteiger partial charge in [0.25, 0.3) is 0 Å². The number of aromatic nitrogens is 2. The van der Waals surface area contributed by atoms with Crippen molar-refractivity contribution in [2.75, 3.05) is 11.9 Å². The zero-order valence-corrected chi connectivity index (χ0v) is 16.7. The number of halogens is 1. The molecule has 0 bridgehead atoms. The van der Waals surface area contributed by atoms with Crippen molar-refractivity contribution in [3.63, 3.8) is 0 Å². The predicted molar refractivity (Wildman–Crippen MR) is 112 cm³/mol. The minimum absolute atomic E-state index is 0.122. The number of anilines is 1. The minimum Gasteiger partial charge on any atom is -0.340 e. The van der Waals surface area contributed by atoms with E-state index in [0.29, 0.717) is 6.54 Å². The molecular formula is C23H25FN4O. The van der Waals surface area contributed by atoms with Crippen molar-refractivity contribution in [3.8, 4) is 11.3 Å². The summed E-state index contributed by atoms with van der Waals surface area (Å²) in [5, 5.41) is 3.03. The van der Waals surface area contributed by atoms with Crippen molar-refractivity contribution < 1.29 is 9.18 Å². The number of hydrogen-bond acceptors (Lipinski definition) is 2. The third kappa shape index (κ3) is 4.31. The van der Waals surface area contributed by atoms with Crippen molar-refractivity contribution in [1.82, 2.24) is 14.9 Å². The number of nitrogens with zero attached hydrogens (tertiary/aromatic N) is 2. The van der Waals surface area contributed by atoms with E-state index >= 15 is 0 Å². The molecule has 1 atom stereocenters. The monoisotopic (exact) mass is 392 g/mol. The molecule has 0 saturated carbocycles. The molecule has 2 N–H and O–H groups in total. The molecule has 6 heteroatoms. The van der Waals surface area contributed by atoms with Gasteiger partial charge in [-0.3, -0.25) is 0 Å². The molecule has 1 saturated heterocycles. The first-order valence-corrected chi connectivity index (χ1v) is 9.96. The van der Waals surface area contributed by atoms with Gasteiger partial charge in [0, 0.05) is 17.8 Å². The fraction of sp³-hybridized carbons (Fsp3) is 0.304. The number of likely N-dealkylation sites (tertiary alicyclic amines) is 1. The summed E-state index contributed by atoms with van der Waals surface area (Å²) in [6.07, 6.45) is 4.55. The summed E-state index contributed by atoms with van der Waals surface area (Å²) < 4.78 is 13.6. The maximum absolute atomic E-state index is 13.6. The van der Waals surface area contributed by atoms with Gasteiger partial charge < -0.3 is 15.2 Å². The Morgan fingerprint density at radius 1 is 1.17 bits per heavy atom. The van der Waals surface area contributed by atoms with Gasteiger partial charge in [-0.1, -0.05) is 18.2 Å². The number of amides is 2. The van der Waals surface area contributed by atoms with Gasteiger partial charge in [0.1, 0.15) is 11.6 Å². The highest BCUT2D eigenvalue weighted by molar-refractivity contribution is 5.89. The number of carbonyl (C=O) groups is 1. The van der Waals surface area contributed by atoms with Crippen LogP contribution in [0, 0.1) is 19.7 Å². The van der Waals surface area contributed by atoms with Crippen LogP contribution in [-0.2, 0) is 0 Å². The zero-order chi connectivity index (χ0) is 20.4. The Bertz CT molecular complexity index is 1010. The van der Waals surface area contributed by atoms with Crippen molar-refractivity contribution in [2.24, 2.45) is 0 Å². The number of imidazole rings is 1. The van der Waals surface area contributed by atoms with Crippen LogP contribution in [0.15, 0.2) is 48.7 Å². The van der Waals surface area contributed by atoms with E-state index < -0.39 is 0 Å². The largest absolute Gasteiger partial charge is 0.340 e. The maximum atomic E-state index is 13.6. The zero-order valence-electron chi connectivity index (χ0n) is 16.7. The van der Waals surface area contributed by atoms with Crippen LogP contribution < -0.4 is 5.32 Å². The van der Waals surface area contributed by atoms with E-state index in [4.69, 9.17) is 0 Å². The van der Waals surface area contributed by atoms with Crippen LogP contribution in [0.2, 0.25) is 0 Å². The molecule has 4 rings (SSSR count). The standard InChI is InChI=1S/C23H25FN4O/c1-15-10-16(2)12-19(11-15)26-23(29)28-9-4-3-8-21(28)22-25-14-20(27-22)17-6-5-7-18(24)13-17/h5-7,10-14,21H,3-4,8-9H2,1-2H3,(H,25,27)(H,26,29). The third-order valence-corrected chi connectivity index (χ3v) is 5.28. The topological polar surface area (TPSA) is 61.0 Å². The van der Waals surface area contributed by atoms with Crippen LogP contribution in [0.4, 0.5) is 14.9 Å². The summed E-state index contributed by atoms with van der Waals surface area (Å²) in [4.78, 5) is 22.7. The summed E-state index contributed by atoms with van der Waals surface area (Å²) in [5.41, 5.74) is 4.52. The lowest BCUT2D eigenvalue weighted by Gasteiger charge is -2.34. The van der Waals surface area contributed by atoms with E-state index in [1.165, 1.54) is 12.1 Å². The third-order valence-electron chi connectivity index (χ3n) is 5.28. The number of aryl methyl sites for hydroxylation is 2. The number of aromatic amines is 1. The van der Waals surface area contributed by atoms with Gasteiger partial charge in [-0.2, -0.15) is 0 Å². The Labute approximate surface area is 170 Å². The van der Waals surface area contributed by atoms with Crippen LogP contribution in [0.1, 0.15) is 42.3 Å². The average molecular weight is 392 g/mol. The van der Waals surface area contributed by atoms with E-state index in [0.717, 1.165) is 53.2 Å². The molecule has 150 valence electrons. The quantitative estimate of drug-likeness (QED) is 0.610. The number of nitrogens with one attached hydrogen (secondary N) is 2. The van der Waals surface area contributed by atoms with E-state index in [2.05, 4.69) is 21.4 Å². The smallest absolute Gasteiger partial charge is 0.322 e. The SMILES string of the molecule is Cc1cc(C)cc(NC(=O)N2CCCCC2c2ncc(-c3cccc(F)c3)[nH]2)c1. The number of carbonyl (C=O) groups excluding carboxylic acids is 1. The second-order valence-electron chi connectivity index (χ2n) is 7.70. The first-order valence-electron chi connectivity index (χ1n) is 9.96. The highest BCUT2D eigenvalue weighted by Gasteiger charge is 2.30. The second-order valence-corrected chi connectivity index (χ2v) is 7.70. The number of rotatable bonds is 3. The normalized spacial score (nSPS) is 16.7. The fourth-order valence-corrected chi connectivity index (χ4v) is 4.01. The van der Waals surface area contributed by atoms with Gasteiger partial charge in [0.05, 0.1) is 17.9 Å². The minimum atomic E-state index is -0.286. The summed E-state index contributed by atoms with van der Waals surface area (Å²) in [6.45, 7) is 4.71. The van der Waals surface area contributed by atoms with Crippen molar-refractivity contribution in [3.05, 3.63) is 71.4 Å². The molecule has 2 amide bonds. The molecular weight excluding hydrogens is 367 g/mol. The number of H-pyrrole nitrogens is 1. The highest BCUT2D eigenvalue weighted by Crippen LogP contribution is 2.31. The van der Waals surface area contributed by atoms with Gasteiger partial charge in [0.15, 0.2) is 0 Å². The van der Waals surface area contributed by atoms with Crippen LogP contribution in [0.5, 0.6) is 0 Å². The first kappa shape index (κ1) is 19.2. The molecule has 0 spiro atoms. The van der Waals surface area contributed by atoms with Gasteiger partial charge in [0.2, 0.25) is 0 Å². The number of piperidine rings is 1. The first-order chi connectivity index (χ1) is 14.0. The Morgan fingerprint density at radius 2 is 1.97 bits per heavy atom. The number of urea groups is 1. The van der Waals surface area contributed by atoms with Crippen LogP contribution in [0.3, 0.4) is 0 Å². The van der Waals surface area contributed by atoms with Gasteiger partial charge in [-0.25, -0.2) is 14.2 Å². The average Bonchev–Trinajstić information content (AvgIpc) is 3.17. The lowest BCUT2D eigenvalue weighted by Crippen LogP contribution is -2.41.